The van der Waals surface area contributed by atoms with Gasteiger partial charge in [-0.3, -0.25) is 9.82 Å². The molecule has 4 rings (SSSR count). The van der Waals surface area contributed by atoms with Crippen molar-refractivity contribution in [3.8, 4) is 21.7 Å². The maximum absolute atomic E-state index is 12.6. The molecule has 2 aromatic heterocycles. The maximum atomic E-state index is 12.6. The lowest BCUT2D eigenvalue weighted by atomic mass is 10.1. The Labute approximate surface area is 155 Å². The van der Waals surface area contributed by atoms with Crippen molar-refractivity contribution >= 4 is 27.2 Å². The third kappa shape index (κ3) is 3.40. The number of sulfonamides is 1. The van der Waals surface area contributed by atoms with Gasteiger partial charge in [0.15, 0.2) is 5.82 Å². The highest BCUT2D eigenvalue weighted by atomic mass is 32.2. The molecule has 0 amide bonds. The van der Waals surface area contributed by atoms with Crippen LogP contribution in [0.15, 0.2) is 83.1 Å². The number of hydrogen-bond acceptors (Lipinski definition) is 4. The van der Waals surface area contributed by atoms with Gasteiger partial charge in [-0.25, -0.2) is 8.42 Å². The van der Waals surface area contributed by atoms with E-state index in [0.29, 0.717) is 0 Å². The second kappa shape index (κ2) is 6.78. The summed E-state index contributed by atoms with van der Waals surface area (Å²) in [5.41, 5.74) is 2.78. The summed E-state index contributed by atoms with van der Waals surface area (Å²) in [6.45, 7) is 0. The minimum absolute atomic E-state index is 0.192. The van der Waals surface area contributed by atoms with Gasteiger partial charge in [0.2, 0.25) is 0 Å². The Morgan fingerprint density at radius 3 is 2.31 bits per heavy atom. The SMILES string of the molecule is O=S(=O)(Nc1cc(-c2cccs2)[nH]n1)c1ccc(-c2ccccc2)cc1. The minimum Gasteiger partial charge on any atom is -0.275 e. The summed E-state index contributed by atoms with van der Waals surface area (Å²) in [6.07, 6.45) is 0. The van der Waals surface area contributed by atoms with Crippen LogP contribution in [-0.2, 0) is 10.0 Å². The molecule has 26 heavy (non-hydrogen) atoms. The highest BCUT2D eigenvalue weighted by molar-refractivity contribution is 7.92. The topological polar surface area (TPSA) is 74.8 Å². The van der Waals surface area contributed by atoms with E-state index >= 15 is 0 Å². The lowest BCUT2D eigenvalue weighted by molar-refractivity contribution is 0.601. The number of H-pyrrole nitrogens is 1. The summed E-state index contributed by atoms with van der Waals surface area (Å²) >= 11 is 1.55. The largest absolute Gasteiger partial charge is 0.275 e. The number of nitrogens with one attached hydrogen (secondary N) is 2. The van der Waals surface area contributed by atoms with Gasteiger partial charge in [-0.15, -0.1) is 11.3 Å². The lowest BCUT2D eigenvalue weighted by Gasteiger charge is -2.07. The van der Waals surface area contributed by atoms with Crippen LogP contribution in [0.25, 0.3) is 21.7 Å². The van der Waals surface area contributed by atoms with Crippen molar-refractivity contribution in [1.29, 1.82) is 0 Å². The molecule has 130 valence electrons. The zero-order chi connectivity index (χ0) is 18.0. The minimum atomic E-state index is -3.70. The number of rotatable bonds is 5. The molecule has 0 fully saturated rings. The molecule has 7 heteroatoms. The molecule has 0 saturated carbocycles. The quantitative estimate of drug-likeness (QED) is 0.530. The molecular formula is C19H15N3O2S2. The van der Waals surface area contributed by atoms with E-state index in [2.05, 4.69) is 14.9 Å². The molecule has 2 aromatic carbocycles. The average Bonchev–Trinajstić information content (AvgIpc) is 3.34. The van der Waals surface area contributed by atoms with E-state index in [9.17, 15) is 8.42 Å². The highest BCUT2D eigenvalue weighted by Gasteiger charge is 2.16. The second-order valence-electron chi connectivity index (χ2n) is 5.64. The van der Waals surface area contributed by atoms with Crippen LogP contribution in [-0.4, -0.2) is 18.6 Å². The van der Waals surface area contributed by atoms with Crippen LogP contribution < -0.4 is 4.72 Å². The Balaban J connectivity index is 1.55. The number of nitrogens with zero attached hydrogens (tertiary/aromatic N) is 1. The fraction of sp³-hybridized carbons (Fsp3) is 0. The molecule has 0 aliphatic heterocycles. The highest BCUT2D eigenvalue weighted by Crippen LogP contribution is 2.26. The lowest BCUT2D eigenvalue weighted by Crippen LogP contribution is -2.13. The first-order valence-corrected chi connectivity index (χ1v) is 10.3. The van der Waals surface area contributed by atoms with Crippen molar-refractivity contribution in [2.24, 2.45) is 0 Å². The molecule has 4 aromatic rings. The standard InChI is InChI=1S/C19H15N3O2S2/c23-26(24,22-19-13-17(20-21-19)18-7-4-12-25-18)16-10-8-15(9-11-16)14-5-2-1-3-6-14/h1-13H,(H2,20,21,22). The van der Waals surface area contributed by atoms with Crippen molar-refractivity contribution in [3.63, 3.8) is 0 Å². The fourth-order valence-corrected chi connectivity index (χ4v) is 4.27. The summed E-state index contributed by atoms with van der Waals surface area (Å²) in [5, 5.41) is 8.84. The summed E-state index contributed by atoms with van der Waals surface area (Å²) in [6, 6.07) is 22.1. The fourth-order valence-electron chi connectivity index (χ4n) is 2.59. The molecule has 2 N–H and O–H groups in total. The van der Waals surface area contributed by atoms with Crippen LogP contribution in [0.4, 0.5) is 5.82 Å². The molecule has 0 unspecified atom stereocenters. The predicted octanol–water partition coefficient (Wildman–Crippen LogP) is 4.61. The number of benzene rings is 2. The Bertz CT molecular complexity index is 1100. The Hall–Kier alpha value is -2.90. The zero-order valence-corrected chi connectivity index (χ0v) is 15.2. The van der Waals surface area contributed by atoms with E-state index in [1.807, 2.05) is 47.8 Å². The third-order valence-electron chi connectivity index (χ3n) is 3.88. The first-order chi connectivity index (χ1) is 12.6. The monoisotopic (exact) mass is 381 g/mol. The van der Waals surface area contributed by atoms with Crippen LogP contribution in [0.2, 0.25) is 0 Å². The normalized spacial score (nSPS) is 11.4. The van der Waals surface area contributed by atoms with Gasteiger partial charge in [0.25, 0.3) is 10.0 Å². The van der Waals surface area contributed by atoms with Crippen molar-refractivity contribution in [2.45, 2.75) is 4.90 Å². The van der Waals surface area contributed by atoms with Crippen LogP contribution in [0, 0.1) is 0 Å². The molecule has 0 saturated heterocycles. The molecule has 0 spiro atoms. The molecule has 2 heterocycles. The Kier molecular flexibility index (Phi) is 4.32. The van der Waals surface area contributed by atoms with Gasteiger partial charge in [-0.2, -0.15) is 5.10 Å². The van der Waals surface area contributed by atoms with E-state index in [-0.39, 0.29) is 10.7 Å². The van der Waals surface area contributed by atoms with Gasteiger partial charge in [-0.05, 0) is 34.7 Å². The summed E-state index contributed by atoms with van der Waals surface area (Å²) in [7, 11) is -3.70. The number of anilines is 1. The van der Waals surface area contributed by atoms with Gasteiger partial charge in [0.05, 0.1) is 15.5 Å². The van der Waals surface area contributed by atoms with Crippen molar-refractivity contribution < 1.29 is 8.42 Å². The second-order valence-corrected chi connectivity index (χ2v) is 8.27. The first-order valence-electron chi connectivity index (χ1n) is 7.89. The zero-order valence-electron chi connectivity index (χ0n) is 13.6. The first kappa shape index (κ1) is 16.6. The molecule has 5 nitrogen and oxygen atoms in total. The van der Waals surface area contributed by atoms with Gasteiger partial charge in [-0.1, -0.05) is 48.5 Å². The Morgan fingerprint density at radius 1 is 0.885 bits per heavy atom. The van der Waals surface area contributed by atoms with Crippen LogP contribution in [0.5, 0.6) is 0 Å². The van der Waals surface area contributed by atoms with E-state index in [1.165, 1.54) is 0 Å². The van der Waals surface area contributed by atoms with Gasteiger partial charge in [0, 0.05) is 6.07 Å². The van der Waals surface area contributed by atoms with Crippen LogP contribution >= 0.6 is 11.3 Å². The summed E-state index contributed by atoms with van der Waals surface area (Å²) < 4.78 is 27.7. The van der Waals surface area contributed by atoms with Crippen LogP contribution in [0.1, 0.15) is 0 Å². The van der Waals surface area contributed by atoms with E-state index in [4.69, 9.17) is 0 Å². The van der Waals surface area contributed by atoms with E-state index < -0.39 is 10.0 Å². The summed E-state index contributed by atoms with van der Waals surface area (Å²) in [5.74, 6) is 0.264. The molecule has 0 aliphatic carbocycles. The van der Waals surface area contributed by atoms with Crippen molar-refractivity contribution in [3.05, 3.63) is 78.2 Å². The van der Waals surface area contributed by atoms with Crippen molar-refractivity contribution in [2.75, 3.05) is 4.72 Å². The van der Waals surface area contributed by atoms with E-state index in [1.54, 1.807) is 41.7 Å². The van der Waals surface area contributed by atoms with Crippen molar-refractivity contribution in [1.82, 2.24) is 10.2 Å². The number of aromatic nitrogens is 2. The summed E-state index contributed by atoms with van der Waals surface area (Å²) in [4.78, 5) is 1.19. The molecule has 0 atom stereocenters. The molecular weight excluding hydrogens is 366 g/mol. The average molecular weight is 381 g/mol. The maximum Gasteiger partial charge on any atom is 0.263 e. The number of aromatic amines is 1. The van der Waals surface area contributed by atoms with E-state index in [0.717, 1.165) is 21.7 Å². The predicted molar refractivity (Wildman–Crippen MR) is 105 cm³/mol. The van der Waals surface area contributed by atoms with Gasteiger partial charge < -0.3 is 0 Å². The van der Waals surface area contributed by atoms with Crippen LogP contribution in [0.3, 0.4) is 0 Å². The molecule has 0 aliphatic rings. The third-order valence-corrected chi connectivity index (χ3v) is 6.15. The smallest absolute Gasteiger partial charge is 0.263 e. The molecule has 0 bridgehead atoms. The molecule has 0 radical (unpaired) electrons. The van der Waals surface area contributed by atoms with Gasteiger partial charge >= 0.3 is 0 Å². The number of thiophene rings is 1. The van der Waals surface area contributed by atoms with Gasteiger partial charge in [0.1, 0.15) is 0 Å². The Morgan fingerprint density at radius 2 is 1.62 bits per heavy atom. The number of hydrogen-bond donors (Lipinski definition) is 2.